The van der Waals surface area contributed by atoms with E-state index in [1.54, 1.807) is 11.3 Å². The quantitative estimate of drug-likeness (QED) is 0.726. The van der Waals surface area contributed by atoms with E-state index in [0.29, 0.717) is 11.9 Å². The van der Waals surface area contributed by atoms with E-state index < -0.39 is 0 Å². The predicted octanol–water partition coefficient (Wildman–Crippen LogP) is 4.45. The Hall–Kier alpha value is -2.21. The van der Waals surface area contributed by atoms with E-state index in [9.17, 15) is 0 Å². The van der Waals surface area contributed by atoms with Gasteiger partial charge < -0.3 is 10.6 Å². The average Bonchev–Trinajstić information content (AvgIpc) is 3.29. The minimum Gasteiger partial charge on any atom is -0.354 e. The Bertz CT molecular complexity index is 853. The summed E-state index contributed by atoms with van der Waals surface area (Å²) in [5.41, 5.74) is 3.16. The number of rotatable bonds is 5. The van der Waals surface area contributed by atoms with E-state index in [-0.39, 0.29) is 0 Å². The van der Waals surface area contributed by atoms with Gasteiger partial charge in [0.1, 0.15) is 5.82 Å². The van der Waals surface area contributed by atoms with Gasteiger partial charge >= 0.3 is 0 Å². The zero-order valence-corrected chi connectivity index (χ0v) is 14.1. The van der Waals surface area contributed by atoms with Crippen molar-refractivity contribution in [1.29, 1.82) is 0 Å². The number of thiazole rings is 1. The van der Waals surface area contributed by atoms with E-state index in [0.717, 1.165) is 34.3 Å². The van der Waals surface area contributed by atoms with Gasteiger partial charge in [0.25, 0.3) is 0 Å². The van der Waals surface area contributed by atoms with Gasteiger partial charge in [-0.05, 0) is 44.9 Å². The molecule has 0 amide bonds. The maximum atomic E-state index is 4.61. The molecular weight excluding hydrogens is 306 g/mol. The highest BCUT2D eigenvalue weighted by molar-refractivity contribution is 7.18. The molecule has 0 aliphatic heterocycles. The van der Waals surface area contributed by atoms with Crippen molar-refractivity contribution >= 4 is 39.0 Å². The topological polar surface area (TPSA) is 62.7 Å². The third-order valence-electron chi connectivity index (χ3n) is 3.84. The third-order valence-corrected chi connectivity index (χ3v) is 4.80. The van der Waals surface area contributed by atoms with Crippen molar-refractivity contribution in [2.24, 2.45) is 0 Å². The van der Waals surface area contributed by atoms with Gasteiger partial charge in [-0.1, -0.05) is 0 Å². The Morgan fingerprint density at radius 3 is 2.83 bits per heavy atom. The predicted molar refractivity (Wildman–Crippen MR) is 95.8 cm³/mol. The smallest absolute Gasteiger partial charge is 0.224 e. The van der Waals surface area contributed by atoms with E-state index in [4.69, 9.17) is 0 Å². The maximum Gasteiger partial charge on any atom is 0.224 e. The van der Waals surface area contributed by atoms with Gasteiger partial charge in [-0.15, -0.1) is 11.3 Å². The van der Waals surface area contributed by atoms with Crippen molar-refractivity contribution in [2.45, 2.75) is 32.6 Å². The summed E-state index contributed by atoms with van der Waals surface area (Å²) in [7, 11) is 0. The van der Waals surface area contributed by atoms with Crippen LogP contribution in [-0.4, -0.2) is 21.5 Å². The molecule has 0 atom stereocenters. The Morgan fingerprint density at radius 2 is 2.04 bits per heavy atom. The summed E-state index contributed by atoms with van der Waals surface area (Å²) in [6.45, 7) is 4.91. The number of aromatic nitrogens is 3. The van der Waals surface area contributed by atoms with E-state index in [1.807, 2.05) is 6.92 Å². The standard InChI is InChI=1S/C17H19N5S/c1-3-18-17-21-13(11-4-5-11)9-16(22-17)20-12-6-7-15-14(8-12)19-10(2)23-15/h6-9,11H,3-5H2,1-2H3,(H2,18,20,21,22). The van der Waals surface area contributed by atoms with Crippen LogP contribution in [0.4, 0.5) is 17.5 Å². The third kappa shape index (κ3) is 3.12. The van der Waals surface area contributed by atoms with E-state index in [1.165, 1.54) is 17.5 Å². The Labute approximate surface area is 139 Å². The molecule has 1 aliphatic carbocycles. The first-order chi connectivity index (χ1) is 11.2. The molecule has 4 rings (SSSR count). The summed E-state index contributed by atoms with van der Waals surface area (Å²) in [4.78, 5) is 13.7. The molecule has 0 unspecified atom stereocenters. The molecule has 0 saturated heterocycles. The summed E-state index contributed by atoms with van der Waals surface area (Å²) >= 11 is 1.72. The largest absolute Gasteiger partial charge is 0.354 e. The Morgan fingerprint density at radius 1 is 1.17 bits per heavy atom. The number of aryl methyl sites for hydroxylation is 1. The van der Waals surface area contributed by atoms with Gasteiger partial charge in [-0.3, -0.25) is 0 Å². The normalized spacial score (nSPS) is 14.2. The first-order valence-corrected chi connectivity index (χ1v) is 8.80. The molecule has 1 saturated carbocycles. The lowest BCUT2D eigenvalue weighted by molar-refractivity contribution is 0.978. The zero-order valence-electron chi connectivity index (χ0n) is 13.3. The van der Waals surface area contributed by atoms with Crippen LogP contribution in [0.2, 0.25) is 0 Å². The molecule has 0 bridgehead atoms. The highest BCUT2D eigenvalue weighted by atomic mass is 32.1. The van der Waals surface area contributed by atoms with Crippen molar-refractivity contribution in [3.8, 4) is 0 Å². The molecule has 2 heterocycles. The highest BCUT2D eigenvalue weighted by Crippen LogP contribution is 2.40. The molecule has 0 radical (unpaired) electrons. The number of hydrogen-bond donors (Lipinski definition) is 2. The van der Waals surface area contributed by atoms with Crippen molar-refractivity contribution in [3.05, 3.63) is 35.0 Å². The lowest BCUT2D eigenvalue weighted by Crippen LogP contribution is -2.06. The first-order valence-electron chi connectivity index (χ1n) is 7.98. The van der Waals surface area contributed by atoms with Crippen LogP contribution in [0.1, 0.15) is 36.4 Å². The van der Waals surface area contributed by atoms with Gasteiger partial charge in [0.2, 0.25) is 5.95 Å². The monoisotopic (exact) mass is 325 g/mol. The second-order valence-electron chi connectivity index (χ2n) is 5.85. The summed E-state index contributed by atoms with van der Waals surface area (Å²) in [5.74, 6) is 2.13. The van der Waals surface area contributed by atoms with Crippen molar-refractivity contribution in [1.82, 2.24) is 15.0 Å². The SMILES string of the molecule is CCNc1nc(Nc2ccc3sc(C)nc3c2)cc(C2CC2)n1. The van der Waals surface area contributed by atoms with Gasteiger partial charge in [0.15, 0.2) is 0 Å². The highest BCUT2D eigenvalue weighted by Gasteiger charge is 2.26. The molecule has 118 valence electrons. The summed E-state index contributed by atoms with van der Waals surface area (Å²) in [5, 5.41) is 7.71. The van der Waals surface area contributed by atoms with Crippen LogP contribution >= 0.6 is 11.3 Å². The second-order valence-corrected chi connectivity index (χ2v) is 7.08. The molecule has 2 aromatic heterocycles. The number of nitrogens with one attached hydrogen (secondary N) is 2. The summed E-state index contributed by atoms with van der Waals surface area (Å²) in [6, 6.07) is 8.32. The van der Waals surface area contributed by atoms with Crippen molar-refractivity contribution in [3.63, 3.8) is 0 Å². The van der Waals surface area contributed by atoms with Crippen LogP contribution in [0.15, 0.2) is 24.3 Å². The molecular formula is C17H19N5S. The first kappa shape index (κ1) is 14.4. The number of fused-ring (bicyclic) bond motifs is 1. The van der Waals surface area contributed by atoms with E-state index >= 15 is 0 Å². The zero-order chi connectivity index (χ0) is 15.8. The van der Waals surface area contributed by atoms with Crippen LogP contribution < -0.4 is 10.6 Å². The average molecular weight is 325 g/mol. The van der Waals surface area contributed by atoms with Crippen molar-refractivity contribution < 1.29 is 0 Å². The van der Waals surface area contributed by atoms with Crippen LogP contribution in [0, 0.1) is 6.92 Å². The fraction of sp³-hybridized carbons (Fsp3) is 0.353. The molecule has 0 spiro atoms. The molecule has 5 nitrogen and oxygen atoms in total. The summed E-state index contributed by atoms with van der Waals surface area (Å²) in [6.07, 6.45) is 2.46. The fourth-order valence-electron chi connectivity index (χ4n) is 2.62. The lowest BCUT2D eigenvalue weighted by atomic mass is 10.2. The Kier molecular flexibility index (Phi) is 3.61. The van der Waals surface area contributed by atoms with Crippen LogP contribution in [0.3, 0.4) is 0 Å². The van der Waals surface area contributed by atoms with Crippen LogP contribution in [0.5, 0.6) is 0 Å². The molecule has 23 heavy (non-hydrogen) atoms. The van der Waals surface area contributed by atoms with Crippen LogP contribution in [-0.2, 0) is 0 Å². The molecule has 3 aromatic rings. The number of nitrogens with zero attached hydrogens (tertiary/aromatic N) is 3. The number of anilines is 3. The minimum atomic E-state index is 0.597. The van der Waals surface area contributed by atoms with Crippen molar-refractivity contribution in [2.75, 3.05) is 17.2 Å². The van der Waals surface area contributed by atoms with Crippen LogP contribution in [0.25, 0.3) is 10.2 Å². The molecule has 2 N–H and O–H groups in total. The molecule has 1 aliphatic rings. The van der Waals surface area contributed by atoms with Gasteiger partial charge in [-0.25, -0.2) is 9.97 Å². The number of hydrogen-bond acceptors (Lipinski definition) is 6. The fourth-order valence-corrected chi connectivity index (χ4v) is 3.43. The molecule has 1 aromatic carbocycles. The molecule has 1 fully saturated rings. The van der Waals surface area contributed by atoms with Gasteiger partial charge in [0, 0.05) is 24.2 Å². The Balaban J connectivity index is 1.65. The van der Waals surface area contributed by atoms with Gasteiger partial charge in [-0.2, -0.15) is 4.98 Å². The summed E-state index contributed by atoms with van der Waals surface area (Å²) < 4.78 is 1.21. The minimum absolute atomic E-state index is 0.597. The lowest BCUT2D eigenvalue weighted by Gasteiger charge is -2.10. The molecule has 6 heteroatoms. The number of benzene rings is 1. The van der Waals surface area contributed by atoms with Gasteiger partial charge in [0.05, 0.1) is 20.9 Å². The van der Waals surface area contributed by atoms with E-state index in [2.05, 4.69) is 56.8 Å². The second kappa shape index (κ2) is 5.77. The maximum absolute atomic E-state index is 4.61.